The number of carboxylic acids is 2. The van der Waals surface area contributed by atoms with Crippen molar-refractivity contribution in [3.05, 3.63) is 52.9 Å². The third-order valence-electron chi connectivity index (χ3n) is 8.39. The lowest BCUT2D eigenvalue weighted by Gasteiger charge is -2.33. The van der Waals surface area contributed by atoms with Gasteiger partial charge in [-0.3, -0.25) is 14.8 Å². The fourth-order valence-electron chi connectivity index (χ4n) is 5.72. The number of halogens is 2. The molecule has 15 nitrogen and oxygen atoms in total. The second kappa shape index (κ2) is 15.0. The number of rotatable bonds is 8. The van der Waals surface area contributed by atoms with Crippen LogP contribution < -0.4 is 0 Å². The van der Waals surface area contributed by atoms with Gasteiger partial charge in [0.1, 0.15) is 17.6 Å². The van der Waals surface area contributed by atoms with Crippen molar-refractivity contribution in [2.75, 3.05) is 32.8 Å². The third kappa shape index (κ3) is 7.58. The number of nitrogens with zero attached hydrogens (tertiary/aromatic N) is 4. The third-order valence-corrected chi connectivity index (χ3v) is 8.39. The minimum absolute atomic E-state index is 0.00576. The summed E-state index contributed by atoms with van der Waals surface area (Å²) in [5.74, 6) is -2.28. The Morgan fingerprint density at radius 1 is 1.10 bits per heavy atom. The molecule has 6 rings (SSSR count). The first-order valence-electron chi connectivity index (χ1n) is 15.5. The lowest BCUT2D eigenvalue weighted by atomic mass is 9.96. The van der Waals surface area contributed by atoms with Crippen molar-refractivity contribution < 1.29 is 53.4 Å². The van der Waals surface area contributed by atoms with Crippen LogP contribution in [0.2, 0.25) is 0 Å². The van der Waals surface area contributed by atoms with Crippen molar-refractivity contribution in [3.8, 4) is 40.7 Å². The first kappa shape index (κ1) is 35.9. The van der Waals surface area contributed by atoms with Gasteiger partial charge >= 0.3 is 11.9 Å². The fraction of sp³-hybridized carbons (Fsp3) is 0.364. The van der Waals surface area contributed by atoms with Crippen LogP contribution in [0.25, 0.3) is 33.5 Å². The molecule has 264 valence electrons. The van der Waals surface area contributed by atoms with Gasteiger partial charge in [-0.05, 0) is 47.4 Å². The number of aromatic amines is 2. The maximum Gasteiger partial charge on any atom is 0.335 e. The van der Waals surface area contributed by atoms with Gasteiger partial charge in [-0.1, -0.05) is 12.8 Å². The predicted molar refractivity (Wildman–Crippen MR) is 171 cm³/mol. The van der Waals surface area contributed by atoms with Crippen molar-refractivity contribution in [1.29, 1.82) is 0 Å². The molecular weight excluding hydrogens is 662 g/mol. The Labute approximate surface area is 283 Å². The van der Waals surface area contributed by atoms with E-state index in [0.717, 1.165) is 11.4 Å². The average Bonchev–Trinajstić information content (AvgIpc) is 3.73. The van der Waals surface area contributed by atoms with E-state index in [1.165, 1.54) is 18.2 Å². The number of aromatic hydroxyl groups is 1. The van der Waals surface area contributed by atoms with E-state index in [9.17, 15) is 23.9 Å². The number of aromatic nitrogens is 4. The van der Waals surface area contributed by atoms with Gasteiger partial charge < -0.3 is 40.2 Å². The van der Waals surface area contributed by atoms with E-state index in [-0.39, 0.29) is 23.9 Å². The number of fused-ring (bicyclic) bond motifs is 2. The zero-order valence-electron chi connectivity index (χ0n) is 26.7. The number of carbonyl (C=O) groups excluding carboxylic acids is 1. The van der Waals surface area contributed by atoms with E-state index in [1.807, 2.05) is 11.8 Å². The molecule has 3 atom stereocenters. The van der Waals surface area contributed by atoms with E-state index in [1.54, 1.807) is 11.0 Å². The number of phenolic OH excluding ortho intramolecular Hbond substituents is 1. The van der Waals surface area contributed by atoms with Crippen LogP contribution >= 0.6 is 0 Å². The summed E-state index contributed by atoms with van der Waals surface area (Å²) in [6.07, 6.45) is 1.76. The molecule has 2 aliphatic heterocycles. The molecular formula is C33H34F2N6O9. The van der Waals surface area contributed by atoms with Crippen LogP contribution in [0, 0.1) is 24.0 Å². The van der Waals surface area contributed by atoms with Gasteiger partial charge in [0, 0.05) is 31.7 Å². The SMILES string of the molecule is C#CC1CN(CC(=O)N2CCc3[nH]c(-c4n[nH]c5cc(-c6cc(F)c(O)cc6CC)cc(F)c45)nc3C2)CCO1.O=C(O)C(O)C(O)C(=O)O. The highest BCUT2D eigenvalue weighted by molar-refractivity contribution is 5.95. The maximum atomic E-state index is 15.5. The molecule has 2 aromatic carbocycles. The second-order valence-corrected chi connectivity index (χ2v) is 11.7. The van der Waals surface area contributed by atoms with E-state index < -0.39 is 41.5 Å². The molecule has 4 aromatic rings. The Hall–Kier alpha value is -5.41. The molecule has 4 heterocycles. The number of nitrogens with one attached hydrogen (secondary N) is 2. The van der Waals surface area contributed by atoms with Crippen molar-refractivity contribution in [2.45, 2.75) is 44.6 Å². The van der Waals surface area contributed by atoms with Crippen molar-refractivity contribution in [3.63, 3.8) is 0 Å². The van der Waals surface area contributed by atoms with Gasteiger partial charge in [0.15, 0.2) is 29.6 Å². The summed E-state index contributed by atoms with van der Waals surface area (Å²) in [5, 5.41) is 49.8. The number of morpholine rings is 1. The first-order chi connectivity index (χ1) is 23.8. The topological polar surface area (TPSA) is 225 Å². The quantitative estimate of drug-likeness (QED) is 0.129. The molecule has 0 radical (unpaired) electrons. The summed E-state index contributed by atoms with van der Waals surface area (Å²) in [6, 6.07) is 5.62. The van der Waals surface area contributed by atoms with Gasteiger partial charge in [0.05, 0.1) is 36.3 Å². The molecule has 1 amide bonds. The van der Waals surface area contributed by atoms with Gasteiger partial charge in [-0.25, -0.2) is 23.4 Å². The summed E-state index contributed by atoms with van der Waals surface area (Å²) >= 11 is 0. The van der Waals surface area contributed by atoms with Crippen molar-refractivity contribution in [2.24, 2.45) is 0 Å². The van der Waals surface area contributed by atoms with Crippen LogP contribution in [0.3, 0.4) is 0 Å². The Kier molecular flexibility index (Phi) is 10.8. The summed E-state index contributed by atoms with van der Waals surface area (Å²) in [4.78, 5) is 44.3. The number of hydrogen-bond donors (Lipinski definition) is 7. The number of imidazole rings is 1. The Morgan fingerprint density at radius 3 is 2.48 bits per heavy atom. The number of hydrogen-bond acceptors (Lipinski definition) is 10. The molecule has 50 heavy (non-hydrogen) atoms. The number of amides is 1. The number of ether oxygens (including phenoxy) is 1. The molecule has 1 saturated heterocycles. The number of benzene rings is 2. The number of carbonyl (C=O) groups is 3. The molecule has 0 aliphatic carbocycles. The summed E-state index contributed by atoms with van der Waals surface area (Å²) in [7, 11) is 0. The minimum Gasteiger partial charge on any atom is -0.505 e. The lowest BCUT2D eigenvalue weighted by molar-refractivity contribution is -0.165. The predicted octanol–water partition coefficient (Wildman–Crippen LogP) is 1.26. The highest BCUT2D eigenvalue weighted by atomic mass is 19.1. The highest BCUT2D eigenvalue weighted by Crippen LogP contribution is 2.35. The summed E-state index contributed by atoms with van der Waals surface area (Å²) in [5.41, 5.74) is 4.03. The van der Waals surface area contributed by atoms with Crippen LogP contribution in [0.15, 0.2) is 24.3 Å². The van der Waals surface area contributed by atoms with Gasteiger partial charge in [0.2, 0.25) is 5.91 Å². The summed E-state index contributed by atoms with van der Waals surface area (Å²) < 4.78 is 35.2. The standard InChI is InChI=1S/C29H28F2N6O3.C4H6O6/c1-3-16-11-25(38)20(30)12-19(16)17-9-21(31)27-23(10-17)34-35-28(27)29-32-22-5-6-37(14-24(22)33-29)26(39)15-36-7-8-40-18(4-2)13-36;5-1(3(7)8)2(6)4(9)10/h2,9-12,18,38H,3,5-8,13-15H2,1H3,(H,32,33)(H,34,35);1-2,5-6H,(H,7,8)(H,9,10). The van der Waals surface area contributed by atoms with Crippen LogP contribution in [0.1, 0.15) is 23.9 Å². The Balaban J connectivity index is 0.000000425. The zero-order valence-corrected chi connectivity index (χ0v) is 26.7. The van der Waals surface area contributed by atoms with Gasteiger partial charge in [-0.15, -0.1) is 6.42 Å². The lowest BCUT2D eigenvalue weighted by Crippen LogP contribution is -2.48. The van der Waals surface area contributed by atoms with E-state index >= 15 is 4.39 Å². The first-order valence-corrected chi connectivity index (χ1v) is 15.5. The van der Waals surface area contributed by atoms with E-state index in [4.69, 9.17) is 31.6 Å². The zero-order chi connectivity index (χ0) is 36.3. The number of aliphatic hydroxyl groups excluding tert-OH is 2. The monoisotopic (exact) mass is 696 g/mol. The van der Waals surface area contributed by atoms with Gasteiger partial charge in [0.25, 0.3) is 0 Å². The summed E-state index contributed by atoms with van der Waals surface area (Å²) in [6.45, 7) is 4.69. The second-order valence-electron chi connectivity index (χ2n) is 11.7. The number of carboxylic acid groups (broad SMARTS) is 2. The van der Waals surface area contributed by atoms with Crippen LogP contribution in [0.5, 0.6) is 5.75 Å². The smallest absolute Gasteiger partial charge is 0.335 e. The van der Waals surface area contributed by atoms with Crippen molar-refractivity contribution in [1.82, 2.24) is 30.0 Å². The average molecular weight is 697 g/mol. The largest absolute Gasteiger partial charge is 0.505 e. The normalized spacial score (nSPS) is 17.3. The van der Waals surface area contributed by atoms with Crippen LogP contribution in [0.4, 0.5) is 8.78 Å². The molecule has 1 fully saturated rings. The van der Waals surface area contributed by atoms with Crippen LogP contribution in [-0.4, -0.2) is 124 Å². The fourth-order valence-corrected chi connectivity index (χ4v) is 5.72. The molecule has 2 aromatic heterocycles. The molecule has 0 spiro atoms. The molecule has 2 aliphatic rings. The number of aliphatic carboxylic acids is 2. The van der Waals surface area contributed by atoms with E-state index in [2.05, 4.69) is 26.1 Å². The van der Waals surface area contributed by atoms with Gasteiger partial charge in [-0.2, -0.15) is 5.10 Å². The molecule has 0 bridgehead atoms. The molecule has 7 N–H and O–H groups in total. The number of terminal acetylenes is 1. The van der Waals surface area contributed by atoms with Crippen LogP contribution in [-0.2, 0) is 38.5 Å². The van der Waals surface area contributed by atoms with Crippen molar-refractivity contribution >= 4 is 28.7 Å². The number of aryl methyl sites for hydroxylation is 1. The Bertz CT molecular complexity index is 1950. The number of phenols is 1. The number of H-pyrrole nitrogens is 2. The molecule has 3 unspecified atom stereocenters. The number of aliphatic hydroxyl groups is 2. The van der Waals surface area contributed by atoms with E-state index in [0.29, 0.717) is 79.4 Å². The maximum absolute atomic E-state index is 15.5. The Morgan fingerprint density at radius 2 is 1.82 bits per heavy atom. The molecule has 17 heteroatoms. The minimum atomic E-state index is -2.27. The molecule has 0 saturated carbocycles. The highest BCUT2D eigenvalue weighted by Gasteiger charge is 2.30.